The van der Waals surface area contributed by atoms with E-state index in [2.05, 4.69) is 10.3 Å². The van der Waals surface area contributed by atoms with Gasteiger partial charge in [-0.25, -0.2) is 4.98 Å². The van der Waals surface area contributed by atoms with Crippen molar-refractivity contribution in [2.45, 2.75) is 6.92 Å². The molecule has 0 unspecified atom stereocenters. The molecule has 17 heavy (non-hydrogen) atoms. The molecule has 6 heteroatoms. The number of rotatable bonds is 3. The molecule has 2 aromatic rings. The van der Waals surface area contributed by atoms with Crippen LogP contribution >= 0.6 is 11.3 Å². The fourth-order valence-electron chi connectivity index (χ4n) is 1.26. The van der Waals surface area contributed by atoms with Crippen LogP contribution in [0.4, 0.5) is 10.7 Å². The van der Waals surface area contributed by atoms with E-state index in [1.165, 1.54) is 24.5 Å². The van der Waals surface area contributed by atoms with Gasteiger partial charge in [0.1, 0.15) is 5.00 Å². The van der Waals surface area contributed by atoms with Gasteiger partial charge in [0, 0.05) is 6.92 Å². The second-order valence-corrected chi connectivity index (χ2v) is 4.33. The van der Waals surface area contributed by atoms with Gasteiger partial charge in [-0.15, -0.1) is 0 Å². The molecule has 1 amide bonds. The number of nitrogens with two attached hydrogens (primary N) is 1. The zero-order valence-electron chi connectivity index (χ0n) is 9.14. The van der Waals surface area contributed by atoms with Gasteiger partial charge in [-0.3, -0.25) is 4.79 Å². The number of nitrogen functional groups attached to an aromatic ring is 1. The van der Waals surface area contributed by atoms with E-state index in [-0.39, 0.29) is 5.91 Å². The van der Waals surface area contributed by atoms with Gasteiger partial charge in [0.15, 0.2) is 5.75 Å². The summed E-state index contributed by atoms with van der Waals surface area (Å²) in [5, 5.41) is 3.71. The zero-order valence-corrected chi connectivity index (χ0v) is 9.95. The highest BCUT2D eigenvalue weighted by Gasteiger charge is 2.07. The first-order valence-electron chi connectivity index (χ1n) is 4.91. The number of para-hydroxylation sites is 2. The van der Waals surface area contributed by atoms with Crippen LogP contribution in [0.1, 0.15) is 6.92 Å². The predicted octanol–water partition coefficient (Wildman–Crippen LogP) is 2.48. The molecule has 1 aromatic heterocycles. The largest absolute Gasteiger partial charge is 0.429 e. The van der Waals surface area contributed by atoms with Crippen molar-refractivity contribution in [3.8, 4) is 10.9 Å². The third-order valence-electron chi connectivity index (χ3n) is 1.90. The van der Waals surface area contributed by atoms with Gasteiger partial charge in [-0.1, -0.05) is 23.5 Å². The Hall–Kier alpha value is -2.08. The molecule has 0 atom stereocenters. The number of hydrogen-bond donors (Lipinski definition) is 2. The van der Waals surface area contributed by atoms with Crippen molar-refractivity contribution >= 4 is 27.9 Å². The summed E-state index contributed by atoms with van der Waals surface area (Å²) in [6, 6.07) is 7.14. The molecule has 0 aliphatic heterocycles. The van der Waals surface area contributed by atoms with Crippen molar-refractivity contribution in [2.24, 2.45) is 0 Å². The van der Waals surface area contributed by atoms with E-state index in [1.807, 2.05) is 12.1 Å². The maximum atomic E-state index is 11.0. The summed E-state index contributed by atoms with van der Waals surface area (Å²) in [7, 11) is 0. The molecule has 0 bridgehead atoms. The molecule has 88 valence electrons. The van der Waals surface area contributed by atoms with Crippen LogP contribution in [0.5, 0.6) is 10.9 Å². The number of nitrogens with one attached hydrogen (secondary N) is 1. The Kier molecular flexibility index (Phi) is 3.24. The average molecular weight is 249 g/mol. The summed E-state index contributed by atoms with van der Waals surface area (Å²) < 4.78 is 5.54. The van der Waals surface area contributed by atoms with Crippen LogP contribution in [0, 0.1) is 0 Å². The van der Waals surface area contributed by atoms with Gasteiger partial charge in [0.2, 0.25) is 5.91 Å². The second kappa shape index (κ2) is 4.84. The van der Waals surface area contributed by atoms with Crippen molar-refractivity contribution < 1.29 is 9.53 Å². The SMILES string of the molecule is CC(=O)Nc1ccccc1Oc1ncc(N)s1. The fourth-order valence-corrected chi connectivity index (χ4v) is 1.80. The molecule has 0 saturated carbocycles. The third-order valence-corrected chi connectivity index (χ3v) is 2.60. The molecular formula is C11H11N3O2S. The van der Waals surface area contributed by atoms with Crippen LogP contribution in [-0.2, 0) is 4.79 Å². The van der Waals surface area contributed by atoms with Crippen molar-refractivity contribution in [3.63, 3.8) is 0 Å². The maximum Gasteiger partial charge on any atom is 0.280 e. The highest BCUT2D eigenvalue weighted by molar-refractivity contribution is 7.17. The molecule has 1 heterocycles. The molecule has 0 saturated heterocycles. The lowest BCUT2D eigenvalue weighted by Crippen LogP contribution is -2.06. The van der Waals surface area contributed by atoms with E-state index in [0.29, 0.717) is 21.6 Å². The first-order valence-corrected chi connectivity index (χ1v) is 5.72. The van der Waals surface area contributed by atoms with Crippen molar-refractivity contribution in [1.29, 1.82) is 0 Å². The summed E-state index contributed by atoms with van der Waals surface area (Å²) in [6.45, 7) is 1.44. The molecule has 3 N–H and O–H groups in total. The Morgan fingerprint density at radius 1 is 1.47 bits per heavy atom. The van der Waals surface area contributed by atoms with Gasteiger partial charge in [0.25, 0.3) is 5.19 Å². The lowest BCUT2D eigenvalue weighted by Gasteiger charge is -2.08. The molecule has 0 aliphatic rings. The third kappa shape index (κ3) is 2.94. The van der Waals surface area contributed by atoms with Crippen LogP contribution in [0.2, 0.25) is 0 Å². The predicted molar refractivity (Wildman–Crippen MR) is 67.3 cm³/mol. The number of amides is 1. The van der Waals surface area contributed by atoms with E-state index in [9.17, 15) is 4.79 Å². The Morgan fingerprint density at radius 3 is 2.88 bits per heavy atom. The number of carbonyl (C=O) groups is 1. The number of thiazole rings is 1. The quantitative estimate of drug-likeness (QED) is 0.876. The topological polar surface area (TPSA) is 77.2 Å². The highest BCUT2D eigenvalue weighted by atomic mass is 32.1. The molecule has 0 fully saturated rings. The standard InChI is InChI=1S/C11H11N3O2S/c1-7(15)14-8-4-2-3-5-9(8)16-11-13-6-10(12)17-11/h2-6H,12H2,1H3,(H,14,15). The Labute approximate surface area is 102 Å². The van der Waals surface area contributed by atoms with Gasteiger partial charge >= 0.3 is 0 Å². The number of aromatic nitrogens is 1. The van der Waals surface area contributed by atoms with E-state index in [1.54, 1.807) is 12.1 Å². The summed E-state index contributed by atoms with van der Waals surface area (Å²) in [5.74, 6) is 0.386. The number of anilines is 2. The minimum atomic E-state index is -0.153. The van der Waals surface area contributed by atoms with E-state index >= 15 is 0 Å². The monoisotopic (exact) mass is 249 g/mol. The Balaban J connectivity index is 2.23. The maximum absolute atomic E-state index is 11.0. The second-order valence-electron chi connectivity index (χ2n) is 3.31. The molecule has 0 spiro atoms. The normalized spacial score (nSPS) is 9.94. The highest BCUT2D eigenvalue weighted by Crippen LogP contribution is 2.32. The zero-order chi connectivity index (χ0) is 12.3. The van der Waals surface area contributed by atoms with Crippen LogP contribution in [-0.4, -0.2) is 10.9 Å². The first kappa shape index (κ1) is 11.4. The van der Waals surface area contributed by atoms with Crippen LogP contribution in [0.3, 0.4) is 0 Å². The van der Waals surface area contributed by atoms with Crippen molar-refractivity contribution in [2.75, 3.05) is 11.1 Å². The molecular weight excluding hydrogens is 238 g/mol. The van der Waals surface area contributed by atoms with Gasteiger partial charge in [0.05, 0.1) is 11.9 Å². The first-order chi connectivity index (χ1) is 8.15. The van der Waals surface area contributed by atoms with Crippen LogP contribution in [0.25, 0.3) is 0 Å². The molecule has 1 aromatic carbocycles. The van der Waals surface area contributed by atoms with E-state index in [0.717, 1.165) is 0 Å². The lowest BCUT2D eigenvalue weighted by molar-refractivity contribution is -0.114. The molecule has 0 aliphatic carbocycles. The van der Waals surface area contributed by atoms with Gasteiger partial charge in [-0.05, 0) is 12.1 Å². The van der Waals surface area contributed by atoms with Crippen molar-refractivity contribution in [1.82, 2.24) is 4.98 Å². The number of nitrogens with zero attached hydrogens (tertiary/aromatic N) is 1. The Bertz CT molecular complexity index is 539. The molecule has 2 rings (SSSR count). The number of hydrogen-bond acceptors (Lipinski definition) is 5. The summed E-state index contributed by atoms with van der Waals surface area (Å²) >= 11 is 1.24. The Morgan fingerprint density at radius 2 is 2.24 bits per heavy atom. The minimum absolute atomic E-state index is 0.153. The van der Waals surface area contributed by atoms with Gasteiger partial charge in [-0.2, -0.15) is 0 Å². The summed E-state index contributed by atoms with van der Waals surface area (Å²) in [4.78, 5) is 15.0. The number of ether oxygens (including phenoxy) is 1. The summed E-state index contributed by atoms with van der Waals surface area (Å²) in [5.41, 5.74) is 6.16. The lowest BCUT2D eigenvalue weighted by atomic mass is 10.3. The minimum Gasteiger partial charge on any atom is -0.429 e. The van der Waals surface area contributed by atoms with E-state index < -0.39 is 0 Å². The fraction of sp³-hybridized carbons (Fsp3) is 0.0909. The van der Waals surface area contributed by atoms with Gasteiger partial charge < -0.3 is 15.8 Å². The molecule has 5 nitrogen and oxygen atoms in total. The number of benzene rings is 1. The summed E-state index contributed by atoms with van der Waals surface area (Å²) in [6.07, 6.45) is 1.53. The average Bonchev–Trinajstić information content (AvgIpc) is 2.66. The van der Waals surface area contributed by atoms with Crippen LogP contribution in [0.15, 0.2) is 30.5 Å². The molecule has 0 radical (unpaired) electrons. The van der Waals surface area contributed by atoms with E-state index in [4.69, 9.17) is 10.5 Å². The van der Waals surface area contributed by atoms with Crippen LogP contribution < -0.4 is 15.8 Å². The smallest absolute Gasteiger partial charge is 0.280 e. The number of carbonyl (C=O) groups excluding carboxylic acids is 1. The van der Waals surface area contributed by atoms with Crippen molar-refractivity contribution in [3.05, 3.63) is 30.5 Å².